The lowest BCUT2D eigenvalue weighted by Crippen LogP contribution is -2.43. The number of carbonyl (C=O) groups excluding carboxylic acids is 1. The zero-order valence-electron chi connectivity index (χ0n) is 15.9. The van der Waals surface area contributed by atoms with Crippen LogP contribution >= 0.6 is 11.6 Å². The van der Waals surface area contributed by atoms with E-state index in [0.717, 1.165) is 51.3 Å². The largest absolute Gasteiger partial charge is 0.324 e. The molecule has 0 radical (unpaired) electrons. The molecule has 8 nitrogen and oxygen atoms in total. The predicted molar refractivity (Wildman–Crippen MR) is 108 cm³/mol. The van der Waals surface area contributed by atoms with Gasteiger partial charge in [-0.2, -0.15) is 0 Å². The lowest BCUT2D eigenvalue weighted by molar-refractivity contribution is 0.179. The summed E-state index contributed by atoms with van der Waals surface area (Å²) in [5.41, 5.74) is 1.73. The molecular weight excluding hydrogens is 378 g/mol. The van der Waals surface area contributed by atoms with Gasteiger partial charge in [0.1, 0.15) is 0 Å². The molecule has 0 bridgehead atoms. The second-order valence-electron chi connectivity index (χ2n) is 7.37. The Morgan fingerprint density at radius 3 is 2.75 bits per heavy atom. The number of aromatic nitrogens is 3. The van der Waals surface area contributed by atoms with Crippen molar-refractivity contribution < 1.29 is 4.79 Å². The summed E-state index contributed by atoms with van der Waals surface area (Å²) >= 11 is 5.98. The molecule has 0 aliphatic carbocycles. The van der Waals surface area contributed by atoms with Gasteiger partial charge in [0.25, 0.3) is 0 Å². The Labute approximate surface area is 169 Å². The topological polar surface area (TPSA) is 78.3 Å². The highest BCUT2D eigenvalue weighted by Crippen LogP contribution is 2.23. The van der Waals surface area contributed by atoms with Gasteiger partial charge in [0.15, 0.2) is 0 Å². The van der Waals surface area contributed by atoms with Gasteiger partial charge in [-0.1, -0.05) is 22.9 Å². The molecule has 150 valence electrons. The van der Waals surface area contributed by atoms with Gasteiger partial charge in [-0.3, -0.25) is 4.90 Å². The van der Waals surface area contributed by atoms with Crippen molar-refractivity contribution >= 4 is 23.3 Å². The van der Waals surface area contributed by atoms with Crippen LogP contribution < -0.4 is 10.6 Å². The SMILES string of the molecule is O=C(Nc1cccc(Cl)c1)N1CCC(n2cc(CN3CCNCC3)nn2)CC1. The molecule has 0 spiro atoms. The number of carbonyl (C=O) groups is 1. The molecule has 1 aromatic heterocycles. The van der Waals surface area contributed by atoms with Crippen molar-refractivity contribution in [1.29, 1.82) is 0 Å². The van der Waals surface area contributed by atoms with E-state index in [1.165, 1.54) is 0 Å². The van der Waals surface area contributed by atoms with Crippen LogP contribution in [0.5, 0.6) is 0 Å². The third kappa shape index (κ3) is 4.81. The number of halogens is 1. The first kappa shape index (κ1) is 19.2. The number of likely N-dealkylation sites (tertiary alicyclic amines) is 1. The van der Waals surface area contributed by atoms with Gasteiger partial charge < -0.3 is 15.5 Å². The van der Waals surface area contributed by atoms with E-state index >= 15 is 0 Å². The van der Waals surface area contributed by atoms with E-state index in [1.54, 1.807) is 12.1 Å². The van der Waals surface area contributed by atoms with Gasteiger partial charge in [-0.25, -0.2) is 9.48 Å². The van der Waals surface area contributed by atoms with Crippen LogP contribution in [0.3, 0.4) is 0 Å². The number of nitrogens with zero attached hydrogens (tertiary/aromatic N) is 5. The van der Waals surface area contributed by atoms with Crippen molar-refractivity contribution in [3.05, 3.63) is 41.2 Å². The second-order valence-corrected chi connectivity index (χ2v) is 7.81. The average molecular weight is 404 g/mol. The summed E-state index contributed by atoms with van der Waals surface area (Å²) in [6, 6.07) is 7.41. The molecule has 28 heavy (non-hydrogen) atoms. The number of nitrogens with one attached hydrogen (secondary N) is 2. The number of piperazine rings is 1. The maximum absolute atomic E-state index is 12.5. The van der Waals surface area contributed by atoms with Gasteiger partial charge >= 0.3 is 6.03 Å². The average Bonchev–Trinajstić information content (AvgIpc) is 3.17. The standard InChI is InChI=1S/C19H26ClN7O/c20-15-2-1-3-16(12-15)22-19(28)26-8-4-18(5-9-26)27-14-17(23-24-27)13-25-10-6-21-7-11-25/h1-3,12,14,18,21H,4-11,13H2,(H,22,28). The number of hydrogen-bond donors (Lipinski definition) is 2. The molecule has 1 aromatic carbocycles. The number of hydrogen-bond acceptors (Lipinski definition) is 5. The zero-order chi connectivity index (χ0) is 19.3. The fourth-order valence-electron chi connectivity index (χ4n) is 3.76. The maximum Gasteiger partial charge on any atom is 0.321 e. The van der Waals surface area contributed by atoms with E-state index in [0.29, 0.717) is 29.8 Å². The minimum Gasteiger partial charge on any atom is -0.324 e. The van der Waals surface area contributed by atoms with Gasteiger partial charge in [0.2, 0.25) is 0 Å². The van der Waals surface area contributed by atoms with Crippen LogP contribution in [0, 0.1) is 0 Å². The third-order valence-corrected chi connectivity index (χ3v) is 5.59. The molecule has 2 aliphatic rings. The molecular formula is C19H26ClN7O. The predicted octanol–water partition coefficient (Wildman–Crippen LogP) is 2.21. The maximum atomic E-state index is 12.5. The molecule has 2 fully saturated rings. The first-order valence-electron chi connectivity index (χ1n) is 9.83. The van der Waals surface area contributed by atoms with Crippen LogP contribution in [0.15, 0.2) is 30.5 Å². The molecule has 3 heterocycles. The van der Waals surface area contributed by atoms with Crippen LogP contribution in [0.25, 0.3) is 0 Å². The Morgan fingerprint density at radius 1 is 1.21 bits per heavy atom. The minimum absolute atomic E-state index is 0.0845. The highest BCUT2D eigenvalue weighted by molar-refractivity contribution is 6.30. The molecule has 2 aliphatic heterocycles. The van der Waals surface area contributed by atoms with Gasteiger partial charge in [-0.15, -0.1) is 5.10 Å². The Hall–Kier alpha value is -2.16. The third-order valence-electron chi connectivity index (χ3n) is 5.35. The number of piperidine rings is 1. The summed E-state index contributed by atoms with van der Waals surface area (Å²) in [5.74, 6) is 0. The van der Waals surface area contributed by atoms with Gasteiger partial charge in [-0.05, 0) is 31.0 Å². The van der Waals surface area contributed by atoms with E-state index in [4.69, 9.17) is 11.6 Å². The Bertz CT molecular complexity index is 797. The van der Waals surface area contributed by atoms with Crippen LogP contribution in [-0.2, 0) is 6.54 Å². The normalized spacial score (nSPS) is 19.0. The highest BCUT2D eigenvalue weighted by atomic mass is 35.5. The summed E-state index contributed by atoms with van der Waals surface area (Å²) in [5, 5.41) is 15.6. The summed E-state index contributed by atoms with van der Waals surface area (Å²) in [7, 11) is 0. The molecule has 4 rings (SSSR count). The lowest BCUT2D eigenvalue weighted by atomic mass is 10.1. The lowest BCUT2D eigenvalue weighted by Gasteiger charge is -2.31. The number of anilines is 1. The van der Waals surface area contributed by atoms with Crippen molar-refractivity contribution in [3.8, 4) is 0 Å². The smallest absolute Gasteiger partial charge is 0.321 e. The summed E-state index contributed by atoms with van der Waals surface area (Å²) in [4.78, 5) is 16.7. The van der Waals surface area contributed by atoms with E-state index in [1.807, 2.05) is 21.7 Å². The fraction of sp³-hybridized carbons (Fsp3) is 0.526. The quantitative estimate of drug-likeness (QED) is 0.818. The number of urea groups is 1. The minimum atomic E-state index is -0.0845. The van der Waals surface area contributed by atoms with Crippen molar-refractivity contribution in [2.75, 3.05) is 44.6 Å². The summed E-state index contributed by atoms with van der Waals surface area (Å²) in [6.07, 6.45) is 3.81. The first-order chi connectivity index (χ1) is 13.7. The molecule has 2 amide bonds. The number of rotatable bonds is 4. The molecule has 9 heteroatoms. The Morgan fingerprint density at radius 2 is 2.00 bits per heavy atom. The van der Waals surface area contributed by atoms with E-state index in [-0.39, 0.29) is 6.03 Å². The monoisotopic (exact) mass is 403 g/mol. The molecule has 0 atom stereocenters. The number of amides is 2. The summed E-state index contributed by atoms with van der Waals surface area (Å²) < 4.78 is 1.98. The Kier molecular flexibility index (Phi) is 6.09. The molecule has 2 saturated heterocycles. The van der Waals surface area contributed by atoms with Crippen LogP contribution in [0.1, 0.15) is 24.6 Å². The van der Waals surface area contributed by atoms with Gasteiger partial charge in [0, 0.05) is 56.5 Å². The van der Waals surface area contributed by atoms with Crippen molar-refractivity contribution in [3.63, 3.8) is 0 Å². The molecule has 0 saturated carbocycles. The molecule has 2 aromatic rings. The van der Waals surface area contributed by atoms with Crippen molar-refractivity contribution in [2.45, 2.75) is 25.4 Å². The number of benzene rings is 1. The fourth-order valence-corrected chi connectivity index (χ4v) is 3.96. The van der Waals surface area contributed by atoms with Gasteiger partial charge in [0.05, 0.1) is 17.9 Å². The van der Waals surface area contributed by atoms with E-state index in [2.05, 4.69) is 32.0 Å². The molecule has 2 N–H and O–H groups in total. The zero-order valence-corrected chi connectivity index (χ0v) is 16.6. The Balaban J connectivity index is 1.27. The van der Waals surface area contributed by atoms with E-state index < -0.39 is 0 Å². The van der Waals surface area contributed by atoms with Crippen LogP contribution in [0.2, 0.25) is 5.02 Å². The molecule has 0 unspecified atom stereocenters. The first-order valence-corrected chi connectivity index (χ1v) is 10.2. The van der Waals surface area contributed by atoms with Crippen molar-refractivity contribution in [1.82, 2.24) is 30.1 Å². The van der Waals surface area contributed by atoms with E-state index in [9.17, 15) is 4.79 Å². The van der Waals surface area contributed by atoms with Crippen molar-refractivity contribution in [2.24, 2.45) is 0 Å². The highest BCUT2D eigenvalue weighted by Gasteiger charge is 2.25. The summed E-state index contributed by atoms with van der Waals surface area (Å²) in [6.45, 7) is 6.41. The second kappa shape index (κ2) is 8.89. The van der Waals surface area contributed by atoms with Crippen LogP contribution in [-0.4, -0.2) is 70.1 Å². The van der Waals surface area contributed by atoms with Crippen LogP contribution in [0.4, 0.5) is 10.5 Å².